The van der Waals surface area contributed by atoms with Crippen molar-refractivity contribution in [1.82, 2.24) is 9.88 Å². The molecule has 0 fully saturated rings. The molecule has 0 saturated heterocycles. The first-order valence-corrected chi connectivity index (χ1v) is 11.0. The Morgan fingerprint density at radius 3 is 2.81 bits per heavy atom. The highest BCUT2D eigenvalue weighted by Gasteiger charge is 2.24. The lowest BCUT2D eigenvalue weighted by molar-refractivity contribution is -0.117. The molecule has 0 aliphatic carbocycles. The third kappa shape index (κ3) is 5.04. The van der Waals surface area contributed by atoms with E-state index in [1.165, 1.54) is 17.6 Å². The molecule has 3 aromatic rings. The number of fused-ring (bicyclic) bond motifs is 1. The SMILES string of the molecule is CCOC(=O)c1ccccc1NC(=O)CN1CCc2nc(NC(=O)c3ccco3)sc2C1. The van der Waals surface area contributed by atoms with Crippen LogP contribution in [-0.2, 0) is 22.5 Å². The van der Waals surface area contributed by atoms with E-state index in [9.17, 15) is 14.4 Å². The van der Waals surface area contributed by atoms with Gasteiger partial charge in [-0.3, -0.25) is 19.8 Å². The Morgan fingerprint density at radius 2 is 2.03 bits per heavy atom. The van der Waals surface area contributed by atoms with E-state index in [1.807, 2.05) is 4.90 Å². The van der Waals surface area contributed by atoms with Crippen LogP contribution in [0.25, 0.3) is 0 Å². The molecule has 2 amide bonds. The number of nitrogens with zero attached hydrogens (tertiary/aromatic N) is 2. The van der Waals surface area contributed by atoms with Crippen molar-refractivity contribution in [3.8, 4) is 0 Å². The van der Waals surface area contributed by atoms with Gasteiger partial charge in [0.25, 0.3) is 5.91 Å². The summed E-state index contributed by atoms with van der Waals surface area (Å²) in [6.45, 7) is 3.38. The van der Waals surface area contributed by atoms with E-state index in [4.69, 9.17) is 9.15 Å². The van der Waals surface area contributed by atoms with Crippen molar-refractivity contribution in [3.63, 3.8) is 0 Å². The molecule has 0 radical (unpaired) electrons. The number of carbonyl (C=O) groups is 3. The summed E-state index contributed by atoms with van der Waals surface area (Å²) < 4.78 is 10.1. The fourth-order valence-corrected chi connectivity index (χ4v) is 4.42. The third-order valence-electron chi connectivity index (χ3n) is 4.84. The highest BCUT2D eigenvalue weighted by molar-refractivity contribution is 7.15. The molecule has 0 unspecified atom stereocenters. The molecule has 3 heterocycles. The van der Waals surface area contributed by atoms with Crippen LogP contribution in [0.15, 0.2) is 47.1 Å². The summed E-state index contributed by atoms with van der Waals surface area (Å²) >= 11 is 1.39. The number of hydrogen-bond donors (Lipinski definition) is 2. The molecule has 9 nitrogen and oxygen atoms in total. The number of benzene rings is 1. The minimum atomic E-state index is -0.472. The molecule has 2 N–H and O–H groups in total. The summed E-state index contributed by atoms with van der Waals surface area (Å²) in [6.07, 6.45) is 2.12. The zero-order valence-corrected chi connectivity index (χ0v) is 18.2. The number of esters is 1. The molecule has 0 atom stereocenters. The molecule has 166 valence electrons. The molecule has 0 spiro atoms. The third-order valence-corrected chi connectivity index (χ3v) is 5.84. The van der Waals surface area contributed by atoms with E-state index < -0.39 is 5.97 Å². The average molecular weight is 455 g/mol. The van der Waals surface area contributed by atoms with Gasteiger partial charge >= 0.3 is 5.97 Å². The molecule has 4 rings (SSSR count). The van der Waals surface area contributed by atoms with Gasteiger partial charge in [0.15, 0.2) is 10.9 Å². The van der Waals surface area contributed by atoms with Gasteiger partial charge in [0.2, 0.25) is 5.91 Å². The van der Waals surface area contributed by atoms with Crippen LogP contribution in [0.2, 0.25) is 0 Å². The minimum Gasteiger partial charge on any atom is -0.462 e. The van der Waals surface area contributed by atoms with Crippen LogP contribution in [-0.4, -0.2) is 47.4 Å². The second-order valence-electron chi connectivity index (χ2n) is 7.10. The molecule has 1 aliphatic heterocycles. The van der Waals surface area contributed by atoms with Crippen LogP contribution < -0.4 is 10.6 Å². The fraction of sp³-hybridized carbons (Fsp3) is 0.273. The Balaban J connectivity index is 1.36. The highest BCUT2D eigenvalue weighted by atomic mass is 32.1. The maximum Gasteiger partial charge on any atom is 0.340 e. The zero-order valence-electron chi connectivity index (χ0n) is 17.4. The van der Waals surface area contributed by atoms with E-state index in [-0.39, 0.29) is 30.7 Å². The maximum absolute atomic E-state index is 12.6. The number of hydrogen-bond acceptors (Lipinski definition) is 8. The van der Waals surface area contributed by atoms with Gasteiger partial charge < -0.3 is 14.5 Å². The maximum atomic E-state index is 12.6. The van der Waals surface area contributed by atoms with Crippen molar-refractivity contribution in [2.75, 3.05) is 30.3 Å². The summed E-state index contributed by atoms with van der Waals surface area (Å²) in [4.78, 5) is 44.4. The van der Waals surface area contributed by atoms with E-state index in [1.54, 1.807) is 43.3 Å². The molecule has 0 saturated carbocycles. The molecule has 32 heavy (non-hydrogen) atoms. The lowest BCUT2D eigenvalue weighted by atomic mass is 10.1. The second-order valence-corrected chi connectivity index (χ2v) is 8.18. The van der Waals surface area contributed by atoms with Crippen molar-refractivity contribution < 1.29 is 23.5 Å². The van der Waals surface area contributed by atoms with E-state index in [0.29, 0.717) is 35.9 Å². The van der Waals surface area contributed by atoms with Gasteiger partial charge in [-0.05, 0) is 31.2 Å². The van der Waals surface area contributed by atoms with Gasteiger partial charge in [0.05, 0.1) is 36.4 Å². The Bertz CT molecular complexity index is 1130. The number of amides is 2. The first-order chi connectivity index (χ1) is 15.5. The summed E-state index contributed by atoms with van der Waals surface area (Å²) in [5, 5.41) is 6.06. The van der Waals surface area contributed by atoms with Crippen LogP contribution >= 0.6 is 11.3 Å². The van der Waals surface area contributed by atoms with Crippen LogP contribution in [0.4, 0.5) is 10.8 Å². The van der Waals surface area contributed by atoms with Gasteiger partial charge in [-0.15, -0.1) is 11.3 Å². The Morgan fingerprint density at radius 1 is 1.19 bits per heavy atom. The number of carbonyl (C=O) groups excluding carboxylic acids is 3. The molecule has 2 aromatic heterocycles. The monoisotopic (exact) mass is 454 g/mol. The summed E-state index contributed by atoms with van der Waals surface area (Å²) in [5.74, 6) is -0.821. The van der Waals surface area contributed by atoms with Crippen molar-refractivity contribution in [2.24, 2.45) is 0 Å². The predicted molar refractivity (Wildman–Crippen MR) is 119 cm³/mol. The van der Waals surface area contributed by atoms with Crippen LogP contribution in [0.1, 0.15) is 38.4 Å². The lowest BCUT2D eigenvalue weighted by Crippen LogP contribution is -2.37. The number of rotatable bonds is 7. The molecular weight excluding hydrogens is 432 g/mol. The normalized spacial score (nSPS) is 13.3. The number of thiazole rings is 1. The van der Waals surface area contributed by atoms with E-state index in [0.717, 1.165) is 10.6 Å². The van der Waals surface area contributed by atoms with Gasteiger partial charge in [-0.2, -0.15) is 0 Å². The van der Waals surface area contributed by atoms with Crippen LogP contribution in [0.3, 0.4) is 0 Å². The topological polar surface area (TPSA) is 114 Å². The van der Waals surface area contributed by atoms with Crippen molar-refractivity contribution >= 4 is 39.9 Å². The van der Waals surface area contributed by atoms with Crippen LogP contribution in [0, 0.1) is 0 Å². The number of ether oxygens (including phenoxy) is 1. The standard InChI is InChI=1S/C22H22N4O5S/c1-2-30-21(29)14-6-3-4-7-15(14)23-19(27)13-26-10-9-16-18(12-26)32-22(24-16)25-20(28)17-8-5-11-31-17/h3-8,11H,2,9-10,12-13H2,1H3,(H,23,27)(H,24,25,28). The summed E-state index contributed by atoms with van der Waals surface area (Å²) in [6, 6.07) is 10.0. The van der Waals surface area contributed by atoms with Gasteiger partial charge in [-0.25, -0.2) is 9.78 Å². The quantitative estimate of drug-likeness (QED) is 0.527. The van der Waals surface area contributed by atoms with Gasteiger partial charge in [0, 0.05) is 24.4 Å². The second kappa shape index (κ2) is 9.75. The molecule has 1 aromatic carbocycles. The lowest BCUT2D eigenvalue weighted by Gasteiger charge is -2.25. The fourth-order valence-electron chi connectivity index (χ4n) is 3.38. The number of anilines is 2. The molecule has 10 heteroatoms. The van der Waals surface area contributed by atoms with Gasteiger partial charge in [-0.1, -0.05) is 12.1 Å². The van der Waals surface area contributed by atoms with Crippen molar-refractivity contribution in [2.45, 2.75) is 19.9 Å². The molecule has 0 bridgehead atoms. The largest absolute Gasteiger partial charge is 0.462 e. The highest BCUT2D eigenvalue weighted by Crippen LogP contribution is 2.28. The van der Waals surface area contributed by atoms with E-state index >= 15 is 0 Å². The smallest absolute Gasteiger partial charge is 0.340 e. The predicted octanol–water partition coefficient (Wildman–Crippen LogP) is 3.16. The zero-order chi connectivity index (χ0) is 22.5. The Labute approximate surface area is 188 Å². The minimum absolute atomic E-state index is 0.169. The number of furan rings is 1. The number of nitrogens with one attached hydrogen (secondary N) is 2. The number of para-hydroxylation sites is 1. The van der Waals surface area contributed by atoms with Crippen LogP contribution in [0.5, 0.6) is 0 Å². The van der Waals surface area contributed by atoms with Crippen molar-refractivity contribution in [3.05, 3.63) is 64.6 Å². The average Bonchev–Trinajstić information content (AvgIpc) is 3.43. The Hall–Kier alpha value is -3.50. The van der Waals surface area contributed by atoms with Crippen molar-refractivity contribution in [1.29, 1.82) is 0 Å². The number of aromatic nitrogens is 1. The molecular formula is C22H22N4O5S. The molecule has 1 aliphatic rings. The summed E-state index contributed by atoms with van der Waals surface area (Å²) in [5.41, 5.74) is 1.67. The first kappa shape index (κ1) is 21.7. The van der Waals surface area contributed by atoms with Gasteiger partial charge in [0.1, 0.15) is 0 Å². The Kier molecular flexibility index (Phi) is 6.62. The van der Waals surface area contributed by atoms with E-state index in [2.05, 4.69) is 15.6 Å². The summed E-state index contributed by atoms with van der Waals surface area (Å²) in [7, 11) is 0. The first-order valence-electron chi connectivity index (χ1n) is 10.1.